The average Bonchev–Trinajstić information content (AvgIpc) is 2.76. The lowest BCUT2D eigenvalue weighted by Crippen LogP contribution is -2.37. The summed E-state index contributed by atoms with van der Waals surface area (Å²) in [5.41, 5.74) is 1.73. The van der Waals surface area contributed by atoms with Crippen LogP contribution in [0.5, 0.6) is 0 Å². The van der Waals surface area contributed by atoms with Gasteiger partial charge in [-0.25, -0.2) is 4.39 Å². The summed E-state index contributed by atoms with van der Waals surface area (Å²) >= 11 is 0. The van der Waals surface area contributed by atoms with E-state index in [9.17, 15) is 9.18 Å². The molecule has 1 aliphatic rings. The number of nitrogens with zero attached hydrogens (tertiary/aromatic N) is 2. The van der Waals surface area contributed by atoms with E-state index in [0.717, 1.165) is 30.6 Å². The molecule has 3 rings (SSSR count). The SMILES string of the molecule is Cc1c(C(=O)N(C)CCN2CCCCCC2)[nH]c2c(F)cccc12. The summed E-state index contributed by atoms with van der Waals surface area (Å²) in [7, 11) is 1.82. The summed E-state index contributed by atoms with van der Waals surface area (Å²) in [5, 5.41) is 0.777. The summed E-state index contributed by atoms with van der Waals surface area (Å²) in [5.74, 6) is -0.389. The summed E-state index contributed by atoms with van der Waals surface area (Å²) < 4.78 is 13.9. The minimum Gasteiger partial charge on any atom is -0.348 e. The van der Waals surface area contributed by atoms with Crippen molar-refractivity contribution in [1.29, 1.82) is 0 Å². The van der Waals surface area contributed by atoms with Gasteiger partial charge in [0.05, 0.1) is 5.52 Å². The fraction of sp³-hybridized carbons (Fsp3) is 0.526. The van der Waals surface area contributed by atoms with Gasteiger partial charge in [0.25, 0.3) is 5.91 Å². The van der Waals surface area contributed by atoms with Crippen LogP contribution in [0.1, 0.15) is 41.7 Å². The van der Waals surface area contributed by atoms with Gasteiger partial charge in [-0.2, -0.15) is 0 Å². The highest BCUT2D eigenvalue weighted by Crippen LogP contribution is 2.24. The van der Waals surface area contributed by atoms with Gasteiger partial charge in [0.1, 0.15) is 11.5 Å². The van der Waals surface area contributed by atoms with E-state index in [1.807, 2.05) is 20.0 Å². The fourth-order valence-corrected chi connectivity index (χ4v) is 3.47. The highest BCUT2D eigenvalue weighted by molar-refractivity contribution is 6.00. The van der Waals surface area contributed by atoms with Crippen LogP contribution in [0.15, 0.2) is 18.2 Å². The molecule has 5 heteroatoms. The van der Waals surface area contributed by atoms with E-state index in [2.05, 4.69) is 9.88 Å². The van der Waals surface area contributed by atoms with Gasteiger partial charge in [0.15, 0.2) is 0 Å². The number of halogens is 1. The number of hydrogen-bond acceptors (Lipinski definition) is 2. The Morgan fingerprint density at radius 1 is 1.25 bits per heavy atom. The highest BCUT2D eigenvalue weighted by atomic mass is 19.1. The van der Waals surface area contributed by atoms with E-state index in [0.29, 0.717) is 17.8 Å². The normalized spacial score (nSPS) is 16.3. The van der Waals surface area contributed by atoms with Crippen LogP contribution in [0.3, 0.4) is 0 Å². The van der Waals surface area contributed by atoms with Crippen molar-refractivity contribution in [3.63, 3.8) is 0 Å². The number of benzene rings is 1. The van der Waals surface area contributed by atoms with Gasteiger partial charge in [-0.3, -0.25) is 4.79 Å². The van der Waals surface area contributed by atoms with Crippen LogP contribution < -0.4 is 0 Å². The quantitative estimate of drug-likeness (QED) is 0.930. The molecule has 1 aliphatic heterocycles. The van der Waals surface area contributed by atoms with Gasteiger partial charge in [-0.05, 0) is 44.5 Å². The molecule has 0 atom stereocenters. The predicted octanol–water partition coefficient (Wildman–Crippen LogP) is 3.56. The lowest BCUT2D eigenvalue weighted by Gasteiger charge is -2.24. The molecule has 4 nitrogen and oxygen atoms in total. The number of aryl methyl sites for hydroxylation is 1. The number of aromatic amines is 1. The van der Waals surface area contributed by atoms with E-state index in [-0.39, 0.29) is 11.7 Å². The number of nitrogens with one attached hydrogen (secondary N) is 1. The lowest BCUT2D eigenvalue weighted by atomic mass is 10.1. The zero-order valence-electron chi connectivity index (χ0n) is 14.6. The lowest BCUT2D eigenvalue weighted by molar-refractivity contribution is 0.0773. The van der Waals surface area contributed by atoms with E-state index in [1.165, 1.54) is 31.7 Å². The minimum atomic E-state index is -0.318. The second kappa shape index (κ2) is 7.34. The zero-order chi connectivity index (χ0) is 17.1. The number of carbonyl (C=O) groups excluding carboxylic acids is 1. The number of para-hydroxylation sites is 1. The zero-order valence-corrected chi connectivity index (χ0v) is 14.6. The summed E-state index contributed by atoms with van der Waals surface area (Å²) in [4.78, 5) is 19.9. The van der Waals surface area contributed by atoms with Crippen LogP contribution in [0.25, 0.3) is 10.9 Å². The molecule has 0 unspecified atom stereocenters. The Morgan fingerprint density at radius 2 is 1.96 bits per heavy atom. The standard InChI is InChI=1S/C19H26FN3O/c1-14-15-8-7-9-16(20)18(15)21-17(14)19(24)22(2)12-13-23-10-5-3-4-6-11-23/h7-9,21H,3-6,10-13H2,1-2H3. The molecule has 1 N–H and O–H groups in total. The number of likely N-dealkylation sites (N-methyl/N-ethyl adjacent to an activating group) is 1. The largest absolute Gasteiger partial charge is 0.348 e. The van der Waals surface area contributed by atoms with Gasteiger partial charge in [0.2, 0.25) is 0 Å². The molecule has 1 saturated heterocycles. The van der Waals surface area contributed by atoms with E-state index >= 15 is 0 Å². The molecule has 2 heterocycles. The van der Waals surface area contributed by atoms with Crippen molar-refractivity contribution in [2.45, 2.75) is 32.6 Å². The Kier molecular flexibility index (Phi) is 5.19. The molecule has 1 fully saturated rings. The minimum absolute atomic E-state index is 0.0714. The van der Waals surface area contributed by atoms with Crippen LogP contribution in [-0.4, -0.2) is 53.9 Å². The topological polar surface area (TPSA) is 39.3 Å². The molecule has 0 bridgehead atoms. The van der Waals surface area contributed by atoms with Crippen molar-refractivity contribution in [3.8, 4) is 0 Å². The van der Waals surface area contributed by atoms with E-state index in [4.69, 9.17) is 0 Å². The molecule has 1 amide bonds. The molecular weight excluding hydrogens is 305 g/mol. The van der Waals surface area contributed by atoms with Gasteiger partial charge in [-0.1, -0.05) is 25.0 Å². The van der Waals surface area contributed by atoms with Crippen molar-refractivity contribution in [2.75, 3.05) is 33.2 Å². The summed E-state index contributed by atoms with van der Waals surface area (Å²) in [6.45, 7) is 5.71. The second-order valence-corrected chi connectivity index (χ2v) is 6.77. The number of amides is 1. The van der Waals surface area contributed by atoms with Crippen molar-refractivity contribution >= 4 is 16.8 Å². The van der Waals surface area contributed by atoms with Crippen LogP contribution in [0.2, 0.25) is 0 Å². The third-order valence-electron chi connectivity index (χ3n) is 5.05. The van der Waals surface area contributed by atoms with Crippen LogP contribution in [-0.2, 0) is 0 Å². The molecule has 130 valence electrons. The maximum Gasteiger partial charge on any atom is 0.270 e. The molecule has 0 radical (unpaired) electrons. The first-order chi connectivity index (χ1) is 11.6. The van der Waals surface area contributed by atoms with E-state index < -0.39 is 0 Å². The molecule has 0 saturated carbocycles. The Labute approximate surface area is 142 Å². The smallest absolute Gasteiger partial charge is 0.270 e. The first kappa shape index (κ1) is 17.0. The number of carbonyl (C=O) groups is 1. The highest BCUT2D eigenvalue weighted by Gasteiger charge is 2.20. The Hall–Kier alpha value is -1.88. The Balaban J connectivity index is 1.69. The third-order valence-corrected chi connectivity index (χ3v) is 5.05. The van der Waals surface area contributed by atoms with Crippen molar-refractivity contribution in [2.24, 2.45) is 0 Å². The number of likely N-dealkylation sites (tertiary alicyclic amines) is 1. The first-order valence-electron chi connectivity index (χ1n) is 8.82. The van der Waals surface area contributed by atoms with Crippen molar-refractivity contribution in [1.82, 2.24) is 14.8 Å². The third kappa shape index (κ3) is 3.46. The molecular formula is C19H26FN3O. The molecule has 2 aromatic rings. The van der Waals surface area contributed by atoms with Crippen LogP contribution >= 0.6 is 0 Å². The molecule has 1 aromatic carbocycles. The maximum atomic E-state index is 13.9. The molecule has 0 spiro atoms. The Morgan fingerprint density at radius 3 is 2.62 bits per heavy atom. The molecule has 24 heavy (non-hydrogen) atoms. The van der Waals surface area contributed by atoms with Gasteiger partial charge >= 0.3 is 0 Å². The van der Waals surface area contributed by atoms with Crippen LogP contribution in [0, 0.1) is 12.7 Å². The van der Waals surface area contributed by atoms with Crippen LogP contribution in [0.4, 0.5) is 4.39 Å². The Bertz CT molecular complexity index is 717. The van der Waals surface area contributed by atoms with Gasteiger partial charge in [0, 0.05) is 25.5 Å². The summed E-state index contributed by atoms with van der Waals surface area (Å²) in [6, 6.07) is 4.93. The van der Waals surface area contributed by atoms with Gasteiger partial charge in [-0.15, -0.1) is 0 Å². The number of hydrogen-bond donors (Lipinski definition) is 1. The monoisotopic (exact) mass is 331 g/mol. The predicted molar refractivity (Wildman–Crippen MR) is 94.9 cm³/mol. The molecule has 1 aromatic heterocycles. The number of rotatable bonds is 4. The number of H-pyrrole nitrogens is 1. The molecule has 0 aliphatic carbocycles. The van der Waals surface area contributed by atoms with Gasteiger partial charge < -0.3 is 14.8 Å². The number of aromatic nitrogens is 1. The summed E-state index contributed by atoms with van der Waals surface area (Å²) in [6.07, 6.45) is 5.12. The number of fused-ring (bicyclic) bond motifs is 1. The van der Waals surface area contributed by atoms with E-state index in [1.54, 1.807) is 11.0 Å². The fourth-order valence-electron chi connectivity index (χ4n) is 3.47. The second-order valence-electron chi connectivity index (χ2n) is 6.77. The van der Waals surface area contributed by atoms with Crippen molar-refractivity contribution < 1.29 is 9.18 Å². The average molecular weight is 331 g/mol. The maximum absolute atomic E-state index is 13.9. The first-order valence-corrected chi connectivity index (χ1v) is 8.82. The van der Waals surface area contributed by atoms with Crippen molar-refractivity contribution in [3.05, 3.63) is 35.3 Å².